The van der Waals surface area contributed by atoms with Crippen molar-refractivity contribution in [3.05, 3.63) is 41.8 Å². The first-order valence-corrected chi connectivity index (χ1v) is 4.96. The SMILES string of the molecule is Nc1cnoc1COc1cccc(C(F)(F)F)c1. The highest BCUT2D eigenvalue weighted by Crippen LogP contribution is 2.31. The standard InChI is InChI=1S/C11H9F3N2O2/c12-11(13,14)7-2-1-3-8(4-7)17-6-10-9(15)5-16-18-10/h1-5H,6,15H2. The summed E-state index contributed by atoms with van der Waals surface area (Å²) in [6, 6.07) is 4.56. The van der Waals surface area contributed by atoms with Crippen LogP contribution in [0.3, 0.4) is 0 Å². The fourth-order valence-electron chi connectivity index (χ4n) is 1.29. The Bertz CT molecular complexity index is 537. The van der Waals surface area contributed by atoms with Crippen molar-refractivity contribution in [3.63, 3.8) is 0 Å². The third kappa shape index (κ3) is 2.73. The van der Waals surface area contributed by atoms with E-state index in [2.05, 4.69) is 5.16 Å². The second-order valence-electron chi connectivity index (χ2n) is 3.52. The van der Waals surface area contributed by atoms with Gasteiger partial charge in [0.15, 0.2) is 12.4 Å². The second-order valence-corrected chi connectivity index (χ2v) is 3.52. The summed E-state index contributed by atoms with van der Waals surface area (Å²) in [5.74, 6) is 0.355. The van der Waals surface area contributed by atoms with E-state index in [1.165, 1.54) is 18.3 Å². The van der Waals surface area contributed by atoms with Crippen molar-refractivity contribution in [1.29, 1.82) is 0 Å². The molecule has 96 valence electrons. The molecule has 0 aliphatic heterocycles. The molecule has 0 aliphatic rings. The van der Waals surface area contributed by atoms with Gasteiger partial charge in [0.1, 0.15) is 5.75 Å². The van der Waals surface area contributed by atoms with Gasteiger partial charge in [-0.2, -0.15) is 13.2 Å². The van der Waals surface area contributed by atoms with Crippen molar-refractivity contribution in [3.8, 4) is 5.75 Å². The summed E-state index contributed by atoms with van der Waals surface area (Å²) in [5, 5.41) is 3.43. The first-order chi connectivity index (χ1) is 8.47. The predicted molar refractivity (Wildman–Crippen MR) is 56.7 cm³/mol. The molecule has 4 nitrogen and oxygen atoms in total. The van der Waals surface area contributed by atoms with Gasteiger partial charge in [0.25, 0.3) is 0 Å². The van der Waals surface area contributed by atoms with Crippen molar-refractivity contribution in [1.82, 2.24) is 5.16 Å². The minimum absolute atomic E-state index is 0.0762. The topological polar surface area (TPSA) is 61.3 Å². The van der Waals surface area contributed by atoms with Crippen LogP contribution < -0.4 is 10.5 Å². The molecule has 1 heterocycles. The van der Waals surface area contributed by atoms with Crippen LogP contribution in [0.2, 0.25) is 0 Å². The molecule has 0 atom stereocenters. The van der Waals surface area contributed by atoms with Crippen LogP contribution in [0.1, 0.15) is 11.3 Å². The van der Waals surface area contributed by atoms with E-state index in [0.29, 0.717) is 5.69 Å². The summed E-state index contributed by atoms with van der Waals surface area (Å²) < 4.78 is 47.2. The summed E-state index contributed by atoms with van der Waals surface area (Å²) in [6.07, 6.45) is -3.10. The van der Waals surface area contributed by atoms with Crippen LogP contribution in [0.5, 0.6) is 5.75 Å². The monoisotopic (exact) mass is 258 g/mol. The maximum absolute atomic E-state index is 12.4. The number of nitrogens with zero attached hydrogens (tertiary/aromatic N) is 1. The predicted octanol–water partition coefficient (Wildman–Crippen LogP) is 2.85. The van der Waals surface area contributed by atoms with E-state index in [9.17, 15) is 13.2 Å². The van der Waals surface area contributed by atoms with Gasteiger partial charge in [-0.1, -0.05) is 11.2 Å². The fraction of sp³-hybridized carbons (Fsp3) is 0.182. The molecule has 2 rings (SSSR count). The molecule has 0 saturated carbocycles. The van der Waals surface area contributed by atoms with Crippen LogP contribution in [0, 0.1) is 0 Å². The minimum Gasteiger partial charge on any atom is -0.485 e. The Morgan fingerprint density at radius 2 is 2.11 bits per heavy atom. The number of anilines is 1. The Morgan fingerprint density at radius 3 is 2.72 bits per heavy atom. The molecule has 18 heavy (non-hydrogen) atoms. The molecule has 2 N–H and O–H groups in total. The number of aromatic nitrogens is 1. The summed E-state index contributed by atoms with van der Waals surface area (Å²) in [7, 11) is 0. The maximum Gasteiger partial charge on any atom is 0.416 e. The zero-order chi connectivity index (χ0) is 13.2. The summed E-state index contributed by atoms with van der Waals surface area (Å²) in [5.41, 5.74) is 5.01. The minimum atomic E-state index is -4.40. The molecule has 1 aromatic carbocycles. The summed E-state index contributed by atoms with van der Waals surface area (Å²) in [6.45, 7) is -0.0762. The smallest absolute Gasteiger partial charge is 0.416 e. The van der Waals surface area contributed by atoms with Crippen molar-refractivity contribution in [2.45, 2.75) is 12.8 Å². The van der Waals surface area contributed by atoms with E-state index in [-0.39, 0.29) is 18.1 Å². The fourth-order valence-corrected chi connectivity index (χ4v) is 1.29. The number of halogens is 3. The van der Waals surface area contributed by atoms with E-state index >= 15 is 0 Å². The zero-order valence-electron chi connectivity index (χ0n) is 9.07. The van der Waals surface area contributed by atoms with Gasteiger partial charge in [0.2, 0.25) is 0 Å². The molecule has 0 aliphatic carbocycles. The van der Waals surface area contributed by atoms with Crippen molar-refractivity contribution in [2.24, 2.45) is 0 Å². The molecule has 0 saturated heterocycles. The molecule has 0 bridgehead atoms. The Kier molecular flexibility index (Phi) is 3.14. The van der Waals surface area contributed by atoms with Crippen LogP contribution in [-0.2, 0) is 12.8 Å². The molecule has 2 aromatic rings. The number of hydrogen-bond acceptors (Lipinski definition) is 4. The van der Waals surface area contributed by atoms with Crippen LogP contribution in [0.25, 0.3) is 0 Å². The van der Waals surface area contributed by atoms with E-state index in [4.69, 9.17) is 15.0 Å². The number of benzene rings is 1. The van der Waals surface area contributed by atoms with E-state index in [1.807, 2.05) is 0 Å². The van der Waals surface area contributed by atoms with Gasteiger partial charge in [-0.15, -0.1) is 0 Å². The normalized spacial score (nSPS) is 11.5. The molecule has 0 unspecified atom stereocenters. The van der Waals surface area contributed by atoms with Crippen LogP contribution in [0.4, 0.5) is 18.9 Å². The lowest BCUT2D eigenvalue weighted by Gasteiger charge is -2.09. The van der Waals surface area contributed by atoms with E-state index in [1.54, 1.807) is 0 Å². The first kappa shape index (κ1) is 12.3. The maximum atomic E-state index is 12.4. The quantitative estimate of drug-likeness (QED) is 0.919. The Morgan fingerprint density at radius 1 is 1.33 bits per heavy atom. The van der Waals surface area contributed by atoms with Gasteiger partial charge in [-0.05, 0) is 18.2 Å². The van der Waals surface area contributed by atoms with E-state index in [0.717, 1.165) is 12.1 Å². The number of ether oxygens (including phenoxy) is 1. The number of nitrogens with two attached hydrogens (primary N) is 1. The number of hydrogen-bond donors (Lipinski definition) is 1. The van der Waals surface area contributed by atoms with Gasteiger partial charge in [0.05, 0.1) is 17.4 Å². The lowest BCUT2D eigenvalue weighted by Crippen LogP contribution is -2.05. The molecule has 0 radical (unpaired) electrons. The Hall–Kier alpha value is -2.18. The summed E-state index contributed by atoms with van der Waals surface area (Å²) in [4.78, 5) is 0. The van der Waals surface area contributed by atoms with Crippen molar-refractivity contribution >= 4 is 5.69 Å². The molecular weight excluding hydrogens is 249 g/mol. The van der Waals surface area contributed by atoms with Gasteiger partial charge in [-0.3, -0.25) is 0 Å². The Balaban J connectivity index is 2.09. The molecular formula is C11H9F3N2O2. The van der Waals surface area contributed by atoms with Crippen molar-refractivity contribution in [2.75, 3.05) is 5.73 Å². The molecule has 7 heteroatoms. The number of alkyl halides is 3. The molecule has 0 fully saturated rings. The third-order valence-corrected chi connectivity index (χ3v) is 2.21. The van der Waals surface area contributed by atoms with Gasteiger partial charge >= 0.3 is 6.18 Å². The molecule has 1 aromatic heterocycles. The average molecular weight is 258 g/mol. The van der Waals surface area contributed by atoms with Crippen molar-refractivity contribution < 1.29 is 22.4 Å². The highest BCUT2D eigenvalue weighted by Gasteiger charge is 2.30. The zero-order valence-corrected chi connectivity index (χ0v) is 9.07. The molecule has 0 amide bonds. The van der Waals surface area contributed by atoms with Gasteiger partial charge < -0.3 is 15.0 Å². The second kappa shape index (κ2) is 4.59. The third-order valence-electron chi connectivity index (χ3n) is 2.21. The highest BCUT2D eigenvalue weighted by atomic mass is 19.4. The summed E-state index contributed by atoms with van der Waals surface area (Å²) >= 11 is 0. The lowest BCUT2D eigenvalue weighted by atomic mass is 10.2. The number of rotatable bonds is 3. The van der Waals surface area contributed by atoms with E-state index < -0.39 is 11.7 Å². The van der Waals surface area contributed by atoms with Crippen LogP contribution in [0.15, 0.2) is 35.0 Å². The highest BCUT2D eigenvalue weighted by molar-refractivity contribution is 5.38. The largest absolute Gasteiger partial charge is 0.485 e. The van der Waals surface area contributed by atoms with Gasteiger partial charge in [-0.25, -0.2) is 0 Å². The average Bonchev–Trinajstić information content (AvgIpc) is 2.72. The Labute approximate surface area is 100 Å². The van der Waals surface area contributed by atoms with Crippen LogP contribution >= 0.6 is 0 Å². The first-order valence-electron chi connectivity index (χ1n) is 4.96. The molecule has 0 spiro atoms. The number of nitrogen functional groups attached to an aromatic ring is 1. The lowest BCUT2D eigenvalue weighted by molar-refractivity contribution is -0.137. The van der Waals surface area contributed by atoms with Crippen LogP contribution in [-0.4, -0.2) is 5.16 Å². The van der Waals surface area contributed by atoms with Gasteiger partial charge in [0, 0.05) is 0 Å².